The quantitative estimate of drug-likeness (QED) is 0.887. The molecule has 0 bridgehead atoms. The third-order valence-corrected chi connectivity index (χ3v) is 3.65. The van der Waals surface area contributed by atoms with Gasteiger partial charge in [0.05, 0.1) is 5.92 Å². The van der Waals surface area contributed by atoms with Crippen LogP contribution >= 0.6 is 12.4 Å². The molecule has 7 heteroatoms. The van der Waals surface area contributed by atoms with E-state index in [9.17, 15) is 18.0 Å². The van der Waals surface area contributed by atoms with Crippen molar-refractivity contribution in [3.63, 3.8) is 0 Å². The van der Waals surface area contributed by atoms with Crippen LogP contribution in [0.15, 0.2) is 30.3 Å². The van der Waals surface area contributed by atoms with Gasteiger partial charge >= 0.3 is 6.18 Å². The van der Waals surface area contributed by atoms with Gasteiger partial charge in [0.1, 0.15) is 0 Å². The summed E-state index contributed by atoms with van der Waals surface area (Å²) in [5.41, 5.74) is 0.127. The first kappa shape index (κ1) is 18.8. The van der Waals surface area contributed by atoms with Crippen molar-refractivity contribution in [1.29, 1.82) is 0 Å². The summed E-state index contributed by atoms with van der Waals surface area (Å²) in [5, 5.41) is 5.81. The molecule has 1 fully saturated rings. The lowest BCUT2D eigenvalue weighted by Crippen LogP contribution is -2.46. The SMILES string of the molecule is Cl.O=C(CC(c1ccccc1)C(F)(F)F)NC1CCCNC1. The summed E-state index contributed by atoms with van der Waals surface area (Å²) in [6.45, 7) is 1.51. The van der Waals surface area contributed by atoms with Crippen LogP contribution in [0.5, 0.6) is 0 Å². The molecular weight excluding hydrogens is 317 g/mol. The molecule has 1 aliphatic heterocycles. The summed E-state index contributed by atoms with van der Waals surface area (Å²) in [5.74, 6) is -2.30. The van der Waals surface area contributed by atoms with E-state index in [-0.39, 0.29) is 24.0 Å². The van der Waals surface area contributed by atoms with Crippen molar-refractivity contribution >= 4 is 18.3 Å². The van der Waals surface area contributed by atoms with Crippen LogP contribution < -0.4 is 10.6 Å². The van der Waals surface area contributed by atoms with Gasteiger partial charge in [-0.1, -0.05) is 30.3 Å². The maximum absolute atomic E-state index is 13.2. The zero-order valence-electron chi connectivity index (χ0n) is 12.0. The Labute approximate surface area is 134 Å². The largest absolute Gasteiger partial charge is 0.396 e. The summed E-state index contributed by atoms with van der Waals surface area (Å²) >= 11 is 0. The maximum Gasteiger partial charge on any atom is 0.396 e. The fourth-order valence-corrected chi connectivity index (χ4v) is 2.55. The van der Waals surface area contributed by atoms with Gasteiger partial charge in [0.2, 0.25) is 5.91 Å². The molecular formula is C15H20ClF3N2O. The van der Waals surface area contributed by atoms with Gasteiger partial charge in [-0.25, -0.2) is 0 Å². The molecule has 1 saturated heterocycles. The standard InChI is InChI=1S/C15H19F3N2O.ClH/c16-15(17,18)13(11-5-2-1-3-6-11)9-14(21)20-12-7-4-8-19-10-12;/h1-3,5-6,12-13,19H,4,7-10H2,(H,20,21);1H. The highest BCUT2D eigenvalue weighted by Crippen LogP contribution is 2.37. The topological polar surface area (TPSA) is 41.1 Å². The lowest BCUT2D eigenvalue weighted by molar-refractivity contribution is -0.157. The van der Waals surface area contributed by atoms with E-state index in [2.05, 4.69) is 10.6 Å². The molecule has 1 aliphatic rings. The van der Waals surface area contributed by atoms with E-state index >= 15 is 0 Å². The first-order valence-corrected chi connectivity index (χ1v) is 7.08. The van der Waals surface area contributed by atoms with Crippen LogP contribution in [0.2, 0.25) is 0 Å². The van der Waals surface area contributed by atoms with Crippen LogP contribution in [0.1, 0.15) is 30.7 Å². The van der Waals surface area contributed by atoms with Gasteiger partial charge in [0.15, 0.2) is 0 Å². The molecule has 0 aliphatic carbocycles. The second-order valence-corrected chi connectivity index (χ2v) is 5.32. The molecule has 124 valence electrons. The zero-order valence-corrected chi connectivity index (χ0v) is 12.8. The van der Waals surface area contributed by atoms with E-state index < -0.39 is 24.4 Å². The number of nitrogens with one attached hydrogen (secondary N) is 2. The second-order valence-electron chi connectivity index (χ2n) is 5.32. The van der Waals surface area contributed by atoms with E-state index in [0.29, 0.717) is 6.54 Å². The van der Waals surface area contributed by atoms with E-state index in [1.165, 1.54) is 12.1 Å². The first-order chi connectivity index (χ1) is 9.97. The van der Waals surface area contributed by atoms with Crippen molar-refractivity contribution in [3.8, 4) is 0 Å². The summed E-state index contributed by atoms with van der Waals surface area (Å²) in [4.78, 5) is 11.9. The van der Waals surface area contributed by atoms with Crippen LogP contribution in [0.4, 0.5) is 13.2 Å². The summed E-state index contributed by atoms with van der Waals surface area (Å²) in [7, 11) is 0. The molecule has 2 N–H and O–H groups in total. The van der Waals surface area contributed by atoms with Crippen LogP contribution in [-0.4, -0.2) is 31.2 Å². The maximum atomic E-state index is 13.2. The number of hydrogen-bond donors (Lipinski definition) is 2. The Morgan fingerprint density at radius 1 is 1.32 bits per heavy atom. The third kappa shape index (κ3) is 5.50. The predicted octanol–water partition coefficient (Wildman–Crippen LogP) is 3.01. The Kier molecular flexibility index (Phi) is 7.16. The number of benzene rings is 1. The van der Waals surface area contributed by atoms with Crippen LogP contribution in [0, 0.1) is 0 Å². The second kappa shape index (κ2) is 8.39. The average Bonchev–Trinajstić information content (AvgIpc) is 2.45. The monoisotopic (exact) mass is 336 g/mol. The molecule has 1 aromatic carbocycles. The van der Waals surface area contributed by atoms with Crippen molar-refractivity contribution in [3.05, 3.63) is 35.9 Å². The number of hydrogen-bond acceptors (Lipinski definition) is 2. The zero-order chi connectivity index (χ0) is 15.3. The number of carbonyl (C=O) groups is 1. The minimum Gasteiger partial charge on any atom is -0.352 e. The Morgan fingerprint density at radius 3 is 2.55 bits per heavy atom. The number of rotatable bonds is 4. The Morgan fingerprint density at radius 2 is 2.00 bits per heavy atom. The highest BCUT2D eigenvalue weighted by atomic mass is 35.5. The van der Waals surface area contributed by atoms with E-state index in [1.807, 2.05) is 0 Å². The molecule has 3 nitrogen and oxygen atoms in total. The first-order valence-electron chi connectivity index (χ1n) is 7.08. The van der Waals surface area contributed by atoms with E-state index in [0.717, 1.165) is 19.4 Å². The molecule has 1 heterocycles. The average molecular weight is 337 g/mol. The molecule has 2 rings (SSSR count). The van der Waals surface area contributed by atoms with Gasteiger partial charge < -0.3 is 10.6 Å². The van der Waals surface area contributed by atoms with Crippen LogP contribution in [0.3, 0.4) is 0 Å². The van der Waals surface area contributed by atoms with E-state index in [1.54, 1.807) is 18.2 Å². The van der Waals surface area contributed by atoms with Crippen molar-refractivity contribution in [2.45, 2.75) is 37.4 Å². The molecule has 0 spiro atoms. The van der Waals surface area contributed by atoms with Gasteiger partial charge in [0, 0.05) is 19.0 Å². The Bertz CT molecular complexity index is 462. The fraction of sp³-hybridized carbons (Fsp3) is 0.533. The smallest absolute Gasteiger partial charge is 0.352 e. The molecule has 0 radical (unpaired) electrons. The van der Waals surface area contributed by atoms with Crippen molar-refractivity contribution in [2.24, 2.45) is 0 Å². The molecule has 1 amide bonds. The molecule has 2 atom stereocenters. The predicted molar refractivity (Wildman–Crippen MR) is 81.1 cm³/mol. The fourth-order valence-electron chi connectivity index (χ4n) is 2.55. The van der Waals surface area contributed by atoms with Gasteiger partial charge in [-0.2, -0.15) is 13.2 Å². The normalized spacial score (nSPS) is 19.9. The minimum absolute atomic E-state index is 0. The summed E-state index contributed by atoms with van der Waals surface area (Å²) in [6, 6.07) is 7.51. The van der Waals surface area contributed by atoms with Gasteiger partial charge in [-0.05, 0) is 24.9 Å². The lowest BCUT2D eigenvalue weighted by atomic mass is 9.94. The van der Waals surface area contributed by atoms with Crippen molar-refractivity contribution in [2.75, 3.05) is 13.1 Å². The molecule has 22 heavy (non-hydrogen) atoms. The van der Waals surface area contributed by atoms with E-state index in [4.69, 9.17) is 0 Å². The number of halogens is 4. The van der Waals surface area contributed by atoms with Gasteiger partial charge in [-0.3, -0.25) is 4.79 Å². The highest BCUT2D eigenvalue weighted by Gasteiger charge is 2.42. The van der Waals surface area contributed by atoms with Crippen LogP contribution in [-0.2, 0) is 4.79 Å². The van der Waals surface area contributed by atoms with Crippen LogP contribution in [0.25, 0.3) is 0 Å². The highest BCUT2D eigenvalue weighted by molar-refractivity contribution is 5.85. The van der Waals surface area contributed by atoms with Crippen molar-refractivity contribution in [1.82, 2.24) is 10.6 Å². The van der Waals surface area contributed by atoms with Crippen molar-refractivity contribution < 1.29 is 18.0 Å². The number of piperidine rings is 1. The number of alkyl halides is 3. The molecule has 0 saturated carbocycles. The Hall–Kier alpha value is -1.27. The number of amides is 1. The number of carbonyl (C=O) groups excluding carboxylic acids is 1. The minimum atomic E-state index is -4.43. The van der Waals surface area contributed by atoms with Gasteiger partial charge in [-0.15, -0.1) is 12.4 Å². The third-order valence-electron chi connectivity index (χ3n) is 3.65. The Balaban J connectivity index is 0.00000242. The lowest BCUT2D eigenvalue weighted by Gasteiger charge is -2.25. The molecule has 2 unspecified atom stereocenters. The van der Waals surface area contributed by atoms with Gasteiger partial charge in [0.25, 0.3) is 0 Å². The summed E-state index contributed by atoms with van der Waals surface area (Å²) < 4.78 is 39.5. The molecule has 0 aromatic heterocycles. The summed E-state index contributed by atoms with van der Waals surface area (Å²) in [6.07, 6.45) is -3.26. The molecule has 1 aromatic rings.